The number of para-hydroxylation sites is 1. The molecule has 0 spiro atoms. The fourth-order valence-corrected chi connectivity index (χ4v) is 1.75. The van der Waals surface area contributed by atoms with Crippen LogP contribution in [0.3, 0.4) is 0 Å². The molecule has 0 aliphatic heterocycles. The van der Waals surface area contributed by atoms with Gasteiger partial charge in [0.1, 0.15) is 5.78 Å². The monoisotopic (exact) mass is 353 g/mol. The first-order valence-corrected chi connectivity index (χ1v) is 5.95. The average Bonchev–Trinajstić information content (AvgIpc) is 2.13. The molecule has 0 atom stereocenters. The van der Waals surface area contributed by atoms with Gasteiger partial charge in [-0.2, -0.15) is 0 Å². The van der Waals surface area contributed by atoms with E-state index in [-0.39, 0.29) is 5.78 Å². The van der Waals surface area contributed by atoms with Crippen LogP contribution in [0.1, 0.15) is 5.56 Å². The summed E-state index contributed by atoms with van der Waals surface area (Å²) < 4.78 is 0.998. The second-order valence-corrected chi connectivity index (χ2v) is 4.38. The fourth-order valence-electron chi connectivity index (χ4n) is 0.996. The van der Waals surface area contributed by atoms with Gasteiger partial charge in [0.05, 0.1) is 5.33 Å². The van der Waals surface area contributed by atoms with E-state index in [0.717, 1.165) is 14.8 Å². The average molecular weight is 354 g/mol. The quantitative estimate of drug-likeness (QED) is 0.515. The molecule has 0 unspecified atom stereocenters. The number of hydrogen-bond acceptors (Lipinski definition) is 2. The van der Waals surface area contributed by atoms with Crippen molar-refractivity contribution in [2.24, 2.45) is 0 Å². The standard InChI is InChI=1S/C9H9BrINO/c10-5-7(13)4-6-2-1-3-8(11)9(6)12/h1-3H,4-5,12H2. The number of carbonyl (C=O) groups excluding carboxylic acids is 1. The zero-order chi connectivity index (χ0) is 9.84. The van der Waals surface area contributed by atoms with E-state index in [2.05, 4.69) is 38.5 Å². The third-order valence-electron chi connectivity index (χ3n) is 1.68. The lowest BCUT2D eigenvalue weighted by Crippen LogP contribution is -2.06. The van der Waals surface area contributed by atoms with Gasteiger partial charge in [-0.25, -0.2) is 0 Å². The molecule has 2 nitrogen and oxygen atoms in total. The van der Waals surface area contributed by atoms with Crippen molar-refractivity contribution in [3.8, 4) is 0 Å². The summed E-state index contributed by atoms with van der Waals surface area (Å²) in [6.45, 7) is 0. The summed E-state index contributed by atoms with van der Waals surface area (Å²) in [4.78, 5) is 11.1. The van der Waals surface area contributed by atoms with Crippen molar-refractivity contribution in [3.05, 3.63) is 27.3 Å². The summed E-state index contributed by atoms with van der Waals surface area (Å²) in [7, 11) is 0. The summed E-state index contributed by atoms with van der Waals surface area (Å²) in [6, 6.07) is 5.73. The highest BCUT2D eigenvalue weighted by Crippen LogP contribution is 2.19. The number of halogens is 2. The zero-order valence-electron chi connectivity index (χ0n) is 6.89. The van der Waals surface area contributed by atoms with E-state index in [4.69, 9.17) is 5.73 Å². The molecular weight excluding hydrogens is 345 g/mol. The maximum Gasteiger partial charge on any atom is 0.147 e. The Morgan fingerprint density at radius 1 is 1.54 bits per heavy atom. The van der Waals surface area contributed by atoms with Crippen LogP contribution in [-0.4, -0.2) is 11.1 Å². The molecule has 70 valence electrons. The molecule has 0 aliphatic carbocycles. The molecule has 0 amide bonds. The third-order valence-corrected chi connectivity index (χ3v) is 3.25. The maximum atomic E-state index is 11.1. The molecule has 13 heavy (non-hydrogen) atoms. The highest BCUT2D eigenvalue weighted by Gasteiger charge is 2.06. The number of rotatable bonds is 3. The molecule has 0 bridgehead atoms. The molecule has 0 fully saturated rings. The highest BCUT2D eigenvalue weighted by molar-refractivity contribution is 14.1. The first-order valence-electron chi connectivity index (χ1n) is 3.75. The maximum absolute atomic E-state index is 11.1. The van der Waals surface area contributed by atoms with Gasteiger partial charge in [-0.15, -0.1) is 0 Å². The van der Waals surface area contributed by atoms with Crippen LogP contribution in [0.5, 0.6) is 0 Å². The SMILES string of the molecule is Nc1c(I)cccc1CC(=O)CBr. The predicted molar refractivity (Wildman–Crippen MR) is 66.1 cm³/mol. The van der Waals surface area contributed by atoms with Crippen LogP contribution in [0, 0.1) is 3.57 Å². The highest BCUT2D eigenvalue weighted by atomic mass is 127. The molecule has 4 heteroatoms. The Morgan fingerprint density at radius 3 is 2.85 bits per heavy atom. The van der Waals surface area contributed by atoms with E-state index < -0.39 is 0 Å². The van der Waals surface area contributed by atoms with Gasteiger partial charge >= 0.3 is 0 Å². The van der Waals surface area contributed by atoms with Crippen LogP contribution < -0.4 is 5.73 Å². The number of ketones is 1. The van der Waals surface area contributed by atoms with Crippen molar-refractivity contribution < 1.29 is 4.79 Å². The largest absolute Gasteiger partial charge is 0.398 e. The predicted octanol–water partition coefficient (Wildman–Crippen LogP) is 2.38. The number of benzene rings is 1. The van der Waals surface area contributed by atoms with Crippen LogP contribution in [-0.2, 0) is 11.2 Å². The van der Waals surface area contributed by atoms with Crippen LogP contribution in [0.4, 0.5) is 5.69 Å². The summed E-state index contributed by atoms with van der Waals surface area (Å²) >= 11 is 5.28. The Balaban J connectivity index is 2.89. The van der Waals surface area contributed by atoms with Gasteiger partial charge in [-0.1, -0.05) is 28.1 Å². The van der Waals surface area contributed by atoms with Crippen LogP contribution in [0.2, 0.25) is 0 Å². The van der Waals surface area contributed by atoms with Gasteiger partial charge in [0.15, 0.2) is 0 Å². The summed E-state index contributed by atoms with van der Waals surface area (Å²) in [5, 5.41) is 0.387. The molecule has 0 aliphatic rings. The third kappa shape index (κ3) is 2.95. The van der Waals surface area contributed by atoms with Crippen molar-refractivity contribution in [1.82, 2.24) is 0 Å². The van der Waals surface area contributed by atoms with E-state index in [1.165, 1.54) is 0 Å². The Morgan fingerprint density at radius 2 is 2.23 bits per heavy atom. The number of hydrogen-bond donors (Lipinski definition) is 1. The second-order valence-electron chi connectivity index (χ2n) is 2.66. The number of nitrogens with two attached hydrogens (primary N) is 1. The van der Waals surface area contributed by atoms with Crippen molar-refractivity contribution in [1.29, 1.82) is 0 Å². The minimum atomic E-state index is 0.147. The molecule has 0 saturated carbocycles. The minimum absolute atomic E-state index is 0.147. The van der Waals surface area contributed by atoms with Crippen LogP contribution in [0.25, 0.3) is 0 Å². The number of carbonyl (C=O) groups is 1. The minimum Gasteiger partial charge on any atom is -0.398 e. The summed E-state index contributed by atoms with van der Waals surface area (Å²) in [6.07, 6.45) is 0.411. The van der Waals surface area contributed by atoms with E-state index in [1.807, 2.05) is 18.2 Å². The molecule has 0 heterocycles. The van der Waals surface area contributed by atoms with E-state index >= 15 is 0 Å². The fraction of sp³-hybridized carbons (Fsp3) is 0.222. The van der Waals surface area contributed by atoms with Gasteiger partial charge in [0.2, 0.25) is 0 Å². The summed E-state index contributed by atoms with van der Waals surface area (Å²) in [5.41, 5.74) is 7.44. The normalized spacial score (nSPS) is 10.0. The molecule has 0 aromatic heterocycles. The van der Waals surface area contributed by atoms with Crippen molar-refractivity contribution >= 4 is 50.0 Å². The van der Waals surface area contributed by atoms with Gasteiger partial charge in [0.25, 0.3) is 0 Å². The van der Waals surface area contributed by atoms with E-state index in [9.17, 15) is 4.79 Å². The van der Waals surface area contributed by atoms with Crippen molar-refractivity contribution in [3.63, 3.8) is 0 Å². The molecule has 1 aromatic rings. The van der Waals surface area contributed by atoms with Crippen LogP contribution >= 0.6 is 38.5 Å². The molecule has 2 N–H and O–H groups in total. The lowest BCUT2D eigenvalue weighted by atomic mass is 10.1. The number of alkyl halides is 1. The second kappa shape index (κ2) is 4.95. The van der Waals surface area contributed by atoms with E-state index in [0.29, 0.717) is 11.8 Å². The molecule has 0 saturated heterocycles. The number of Topliss-reactive ketones (excluding diaryl/α,β-unsaturated/α-hetero) is 1. The first kappa shape index (κ1) is 11.0. The topological polar surface area (TPSA) is 43.1 Å². The number of anilines is 1. The van der Waals surface area contributed by atoms with Crippen molar-refractivity contribution in [2.45, 2.75) is 6.42 Å². The Hall–Kier alpha value is -0.100. The smallest absolute Gasteiger partial charge is 0.147 e. The van der Waals surface area contributed by atoms with Gasteiger partial charge in [-0.05, 0) is 34.2 Å². The first-order chi connectivity index (χ1) is 6.15. The van der Waals surface area contributed by atoms with Gasteiger partial charge in [0, 0.05) is 15.7 Å². The molecule has 1 aromatic carbocycles. The number of nitrogen functional groups attached to an aromatic ring is 1. The zero-order valence-corrected chi connectivity index (χ0v) is 10.6. The molecule has 0 radical (unpaired) electrons. The Labute approximate surface area is 99.2 Å². The lowest BCUT2D eigenvalue weighted by Gasteiger charge is -2.05. The van der Waals surface area contributed by atoms with Crippen LogP contribution in [0.15, 0.2) is 18.2 Å². The van der Waals surface area contributed by atoms with Gasteiger partial charge < -0.3 is 5.73 Å². The Bertz CT molecular complexity index is 327. The van der Waals surface area contributed by atoms with Gasteiger partial charge in [-0.3, -0.25) is 4.79 Å². The lowest BCUT2D eigenvalue weighted by molar-refractivity contribution is -0.115. The summed E-state index contributed by atoms with van der Waals surface area (Å²) in [5.74, 6) is 0.147. The molecular formula is C9H9BrINO. The Kier molecular flexibility index (Phi) is 4.18. The van der Waals surface area contributed by atoms with Crippen molar-refractivity contribution in [2.75, 3.05) is 11.1 Å². The van der Waals surface area contributed by atoms with E-state index in [1.54, 1.807) is 0 Å². The molecule has 1 rings (SSSR count).